The Morgan fingerprint density at radius 1 is 1.11 bits per heavy atom. The van der Waals surface area contributed by atoms with Gasteiger partial charge >= 0.3 is 4.87 Å². The second-order valence-electron chi connectivity index (χ2n) is 6.64. The quantitative estimate of drug-likeness (QED) is 0.648. The minimum absolute atomic E-state index is 0.0918. The lowest BCUT2D eigenvalue weighted by atomic mass is 10.0. The first-order valence-corrected chi connectivity index (χ1v) is 10.8. The minimum Gasteiger partial charge on any atom is -0.295 e. The van der Waals surface area contributed by atoms with Crippen LogP contribution in [0.4, 0.5) is 5.69 Å². The van der Waals surface area contributed by atoms with E-state index in [9.17, 15) is 13.2 Å². The topological polar surface area (TPSA) is 68.2 Å². The monoisotopic (exact) mass is 402 g/mol. The molecule has 3 aromatic rings. The molecule has 3 rings (SSSR count). The van der Waals surface area contributed by atoms with Crippen molar-refractivity contribution >= 4 is 37.3 Å². The van der Waals surface area contributed by atoms with Crippen LogP contribution in [0.2, 0.25) is 0 Å². The van der Waals surface area contributed by atoms with Crippen LogP contribution in [0.3, 0.4) is 0 Å². The van der Waals surface area contributed by atoms with Gasteiger partial charge in [-0.1, -0.05) is 23.5 Å². The highest BCUT2D eigenvalue weighted by atomic mass is 32.2. The number of nitrogens with zero attached hydrogens (tertiary/aromatic N) is 1. The number of nitrogens with one attached hydrogen (secondary N) is 1. The van der Waals surface area contributed by atoms with Crippen LogP contribution in [0.15, 0.2) is 46.6 Å². The van der Waals surface area contributed by atoms with Crippen LogP contribution < -0.4 is 9.60 Å². The maximum absolute atomic E-state index is 13.1. The zero-order valence-corrected chi connectivity index (χ0v) is 17.4. The third kappa shape index (κ3) is 3.44. The van der Waals surface area contributed by atoms with Crippen LogP contribution in [0.5, 0.6) is 0 Å². The number of anilines is 1. The number of benzene rings is 2. The van der Waals surface area contributed by atoms with Crippen molar-refractivity contribution in [1.82, 2.24) is 4.57 Å². The number of rotatable bonds is 5. The third-order valence-corrected chi connectivity index (χ3v) is 7.39. The number of aryl methyl sites for hydroxylation is 2. The molecule has 0 spiro atoms. The fraction of sp³-hybridized carbons (Fsp3) is 0.250. The van der Waals surface area contributed by atoms with Crippen LogP contribution in [0, 0.1) is 27.7 Å². The molecule has 27 heavy (non-hydrogen) atoms. The lowest BCUT2D eigenvalue weighted by Gasteiger charge is -2.16. The van der Waals surface area contributed by atoms with Gasteiger partial charge in [0.25, 0.3) is 10.0 Å². The average molecular weight is 403 g/mol. The minimum atomic E-state index is -3.75. The van der Waals surface area contributed by atoms with E-state index in [-0.39, 0.29) is 4.87 Å². The second kappa shape index (κ2) is 6.98. The van der Waals surface area contributed by atoms with Crippen molar-refractivity contribution in [3.63, 3.8) is 0 Å². The Morgan fingerprint density at radius 2 is 1.74 bits per heavy atom. The Balaban J connectivity index is 2.07. The standard InChI is InChI=1S/C20H22N2O3S2/c1-6-9-22-17-8-7-16(11-18(17)26-20(22)23)21-27(24,25)19-14(4)12(2)10-13(3)15(19)5/h6-8,10-11,21H,1,9H2,2-5H3. The SMILES string of the molecule is C=CCn1c(=O)sc2cc(NS(=O)(=O)c3c(C)c(C)cc(C)c3C)ccc21. The average Bonchev–Trinajstić information content (AvgIpc) is 2.88. The molecule has 0 amide bonds. The summed E-state index contributed by atoms with van der Waals surface area (Å²) < 4.78 is 31.2. The highest BCUT2D eigenvalue weighted by Crippen LogP contribution is 2.29. The largest absolute Gasteiger partial charge is 0.308 e. The van der Waals surface area contributed by atoms with Gasteiger partial charge in [-0.2, -0.15) is 0 Å². The molecule has 0 aliphatic rings. The zero-order valence-electron chi connectivity index (χ0n) is 15.8. The lowest BCUT2D eigenvalue weighted by molar-refractivity contribution is 0.599. The zero-order chi connectivity index (χ0) is 19.9. The van der Waals surface area contributed by atoms with Gasteiger partial charge in [-0.25, -0.2) is 8.42 Å². The van der Waals surface area contributed by atoms with Crippen LogP contribution in [-0.2, 0) is 16.6 Å². The van der Waals surface area contributed by atoms with Gasteiger partial charge in [-0.15, -0.1) is 6.58 Å². The van der Waals surface area contributed by atoms with Crippen LogP contribution in [0.25, 0.3) is 10.2 Å². The van der Waals surface area contributed by atoms with Gasteiger partial charge in [-0.05, 0) is 68.1 Å². The van der Waals surface area contributed by atoms with E-state index in [1.807, 2.05) is 33.8 Å². The van der Waals surface area contributed by atoms with E-state index in [2.05, 4.69) is 11.3 Å². The highest BCUT2D eigenvalue weighted by molar-refractivity contribution is 7.92. The van der Waals surface area contributed by atoms with E-state index < -0.39 is 10.0 Å². The normalized spacial score (nSPS) is 11.7. The van der Waals surface area contributed by atoms with Crippen molar-refractivity contribution < 1.29 is 8.42 Å². The number of thiazole rings is 1. The third-order valence-electron chi connectivity index (χ3n) is 4.80. The van der Waals surface area contributed by atoms with Gasteiger partial charge in [0.2, 0.25) is 0 Å². The van der Waals surface area contributed by atoms with E-state index in [1.165, 1.54) is 0 Å². The second-order valence-corrected chi connectivity index (χ2v) is 9.26. The molecule has 0 unspecified atom stereocenters. The molecule has 5 nitrogen and oxygen atoms in total. The summed E-state index contributed by atoms with van der Waals surface area (Å²) in [4.78, 5) is 12.3. The van der Waals surface area contributed by atoms with Crippen molar-refractivity contribution in [3.8, 4) is 0 Å². The van der Waals surface area contributed by atoms with Crippen molar-refractivity contribution in [2.24, 2.45) is 0 Å². The number of allylic oxidation sites excluding steroid dienone is 1. The summed E-state index contributed by atoms with van der Waals surface area (Å²) in [7, 11) is -3.75. The van der Waals surface area contributed by atoms with E-state index >= 15 is 0 Å². The Kier molecular flexibility index (Phi) is 5.01. The summed E-state index contributed by atoms with van der Waals surface area (Å²) in [6.07, 6.45) is 1.66. The van der Waals surface area contributed by atoms with Crippen molar-refractivity contribution in [2.75, 3.05) is 4.72 Å². The Bertz CT molecular complexity index is 1190. The molecule has 7 heteroatoms. The lowest BCUT2D eigenvalue weighted by Crippen LogP contribution is -2.17. The smallest absolute Gasteiger partial charge is 0.295 e. The van der Waals surface area contributed by atoms with Gasteiger partial charge in [0, 0.05) is 6.54 Å². The van der Waals surface area contributed by atoms with Crippen molar-refractivity contribution in [3.05, 3.63) is 68.8 Å². The van der Waals surface area contributed by atoms with Gasteiger partial charge in [-0.3, -0.25) is 14.1 Å². The molecule has 2 aromatic carbocycles. The molecule has 0 saturated heterocycles. The molecule has 1 aromatic heterocycles. The first-order valence-electron chi connectivity index (χ1n) is 8.50. The van der Waals surface area contributed by atoms with Gasteiger partial charge in [0.05, 0.1) is 20.8 Å². The summed E-state index contributed by atoms with van der Waals surface area (Å²) in [6.45, 7) is 11.5. The van der Waals surface area contributed by atoms with E-state index in [1.54, 1.807) is 28.8 Å². The maximum Gasteiger partial charge on any atom is 0.308 e. The fourth-order valence-corrected chi connectivity index (χ4v) is 5.83. The van der Waals surface area contributed by atoms with Crippen LogP contribution in [-0.4, -0.2) is 13.0 Å². The molecule has 0 fully saturated rings. The number of sulfonamides is 1. The molecule has 0 radical (unpaired) electrons. The van der Waals surface area contributed by atoms with E-state index in [4.69, 9.17) is 0 Å². The van der Waals surface area contributed by atoms with Crippen LogP contribution in [0.1, 0.15) is 22.3 Å². The fourth-order valence-electron chi connectivity index (χ4n) is 3.22. The summed E-state index contributed by atoms with van der Waals surface area (Å²) in [5.74, 6) is 0. The Morgan fingerprint density at radius 3 is 2.33 bits per heavy atom. The number of hydrogen-bond donors (Lipinski definition) is 1. The van der Waals surface area contributed by atoms with Crippen molar-refractivity contribution in [1.29, 1.82) is 0 Å². The summed E-state index contributed by atoms with van der Waals surface area (Å²) in [5, 5.41) is 0. The predicted molar refractivity (Wildman–Crippen MR) is 112 cm³/mol. The summed E-state index contributed by atoms with van der Waals surface area (Å²) >= 11 is 1.09. The molecule has 0 saturated carbocycles. The van der Waals surface area contributed by atoms with Gasteiger partial charge in [0.15, 0.2) is 0 Å². The van der Waals surface area contributed by atoms with Crippen LogP contribution >= 0.6 is 11.3 Å². The number of hydrogen-bond acceptors (Lipinski definition) is 4. The molecule has 1 heterocycles. The van der Waals surface area contributed by atoms with Gasteiger partial charge < -0.3 is 0 Å². The molecule has 0 aliphatic heterocycles. The Labute approximate surface area is 163 Å². The molecule has 1 N–H and O–H groups in total. The molecule has 0 aliphatic carbocycles. The summed E-state index contributed by atoms with van der Waals surface area (Å²) in [6, 6.07) is 7.14. The molecule has 142 valence electrons. The first kappa shape index (κ1) is 19.4. The Hall–Kier alpha value is -2.38. The number of aromatic nitrogens is 1. The summed E-state index contributed by atoms with van der Waals surface area (Å²) in [5.41, 5.74) is 4.57. The predicted octanol–water partition coefficient (Wildman–Crippen LogP) is 4.28. The highest BCUT2D eigenvalue weighted by Gasteiger charge is 2.22. The maximum atomic E-state index is 13.1. The number of fused-ring (bicyclic) bond motifs is 1. The molecule has 0 bridgehead atoms. The first-order chi connectivity index (χ1) is 12.7. The van der Waals surface area contributed by atoms with Crippen molar-refractivity contribution in [2.45, 2.75) is 39.1 Å². The van der Waals surface area contributed by atoms with E-state index in [0.29, 0.717) is 17.1 Å². The molecular weight excluding hydrogens is 380 g/mol. The molecular formula is C20H22N2O3S2. The molecule has 0 atom stereocenters. The van der Waals surface area contributed by atoms with Gasteiger partial charge in [0.1, 0.15) is 0 Å². The van der Waals surface area contributed by atoms with E-state index in [0.717, 1.165) is 43.8 Å².